The van der Waals surface area contributed by atoms with Gasteiger partial charge in [0.15, 0.2) is 0 Å². The number of hydrogen-bond acceptors (Lipinski definition) is 3. The molecule has 2 aromatic rings. The third kappa shape index (κ3) is 3.60. The molecule has 4 nitrogen and oxygen atoms in total. The second-order valence-corrected chi connectivity index (χ2v) is 5.14. The fourth-order valence-corrected chi connectivity index (χ4v) is 2.27. The maximum Gasteiger partial charge on any atom is 0.253 e. The summed E-state index contributed by atoms with van der Waals surface area (Å²) in [6.07, 6.45) is 0. The SMILES string of the molecule is COc1ccc(N)cc1CNC(=O)c1cccc(Cl)c1Cl. The Morgan fingerprint density at radius 2 is 2.05 bits per heavy atom. The van der Waals surface area contributed by atoms with Crippen LogP contribution in [0, 0.1) is 0 Å². The van der Waals surface area contributed by atoms with Crippen molar-refractivity contribution in [3.05, 3.63) is 57.6 Å². The van der Waals surface area contributed by atoms with Crippen molar-refractivity contribution in [2.75, 3.05) is 12.8 Å². The lowest BCUT2D eigenvalue weighted by Gasteiger charge is -2.11. The van der Waals surface area contributed by atoms with E-state index in [1.807, 2.05) is 0 Å². The standard InChI is InChI=1S/C15H14Cl2N2O2/c1-21-13-6-5-10(18)7-9(13)8-19-15(20)11-3-2-4-12(16)14(11)17/h2-7H,8,18H2,1H3,(H,19,20). The minimum Gasteiger partial charge on any atom is -0.496 e. The number of amides is 1. The average molecular weight is 325 g/mol. The van der Waals surface area contributed by atoms with Crippen LogP contribution in [0.3, 0.4) is 0 Å². The van der Waals surface area contributed by atoms with Gasteiger partial charge in [-0.15, -0.1) is 0 Å². The zero-order valence-electron chi connectivity index (χ0n) is 11.3. The van der Waals surface area contributed by atoms with Crippen LogP contribution < -0.4 is 15.8 Å². The van der Waals surface area contributed by atoms with Gasteiger partial charge in [0, 0.05) is 17.8 Å². The van der Waals surface area contributed by atoms with Gasteiger partial charge in [-0.25, -0.2) is 0 Å². The minimum atomic E-state index is -0.313. The highest BCUT2D eigenvalue weighted by molar-refractivity contribution is 6.43. The molecule has 2 rings (SSSR count). The Kier molecular flexibility index (Phi) is 4.94. The largest absolute Gasteiger partial charge is 0.496 e. The van der Waals surface area contributed by atoms with Crippen LogP contribution in [0.25, 0.3) is 0 Å². The lowest BCUT2D eigenvalue weighted by Crippen LogP contribution is -2.23. The van der Waals surface area contributed by atoms with Gasteiger partial charge >= 0.3 is 0 Å². The van der Waals surface area contributed by atoms with E-state index in [9.17, 15) is 4.79 Å². The Labute approximate surface area is 132 Å². The van der Waals surface area contributed by atoms with Crippen molar-refractivity contribution in [1.29, 1.82) is 0 Å². The van der Waals surface area contributed by atoms with Gasteiger partial charge in [-0.2, -0.15) is 0 Å². The molecule has 0 saturated carbocycles. The lowest BCUT2D eigenvalue weighted by atomic mass is 10.1. The molecule has 0 atom stereocenters. The average Bonchev–Trinajstić information content (AvgIpc) is 2.47. The third-order valence-corrected chi connectivity index (χ3v) is 3.76. The first-order chi connectivity index (χ1) is 10.0. The Morgan fingerprint density at radius 1 is 1.29 bits per heavy atom. The monoisotopic (exact) mass is 324 g/mol. The Bertz CT molecular complexity index is 675. The van der Waals surface area contributed by atoms with Crippen LogP contribution in [0.5, 0.6) is 5.75 Å². The molecule has 0 spiro atoms. The maximum absolute atomic E-state index is 12.1. The molecule has 0 aromatic heterocycles. The summed E-state index contributed by atoms with van der Waals surface area (Å²) in [4.78, 5) is 12.1. The van der Waals surface area contributed by atoms with Gasteiger partial charge in [0.2, 0.25) is 0 Å². The maximum atomic E-state index is 12.1. The van der Waals surface area contributed by atoms with E-state index in [1.54, 1.807) is 43.5 Å². The van der Waals surface area contributed by atoms with Gasteiger partial charge in [0.05, 0.1) is 22.7 Å². The van der Waals surface area contributed by atoms with Crippen LogP contribution in [-0.4, -0.2) is 13.0 Å². The molecule has 2 aromatic carbocycles. The number of carbonyl (C=O) groups excluding carboxylic acids is 1. The van der Waals surface area contributed by atoms with Gasteiger partial charge in [-0.1, -0.05) is 29.3 Å². The summed E-state index contributed by atoms with van der Waals surface area (Å²) < 4.78 is 5.23. The Morgan fingerprint density at radius 3 is 2.76 bits per heavy atom. The fraction of sp³-hybridized carbons (Fsp3) is 0.133. The molecule has 0 saturated heterocycles. The highest BCUT2D eigenvalue weighted by Gasteiger charge is 2.13. The fourth-order valence-electron chi connectivity index (χ4n) is 1.89. The highest BCUT2D eigenvalue weighted by atomic mass is 35.5. The molecule has 1 amide bonds. The minimum absolute atomic E-state index is 0.233. The third-order valence-electron chi connectivity index (χ3n) is 2.94. The normalized spacial score (nSPS) is 10.2. The van der Waals surface area contributed by atoms with E-state index < -0.39 is 0 Å². The number of ether oxygens (including phenoxy) is 1. The predicted octanol–water partition coefficient (Wildman–Crippen LogP) is 3.51. The van der Waals surface area contributed by atoms with Gasteiger partial charge in [0.1, 0.15) is 5.75 Å². The van der Waals surface area contributed by atoms with Crippen LogP contribution in [-0.2, 0) is 6.54 Å². The molecule has 0 radical (unpaired) electrons. The van der Waals surface area contributed by atoms with E-state index in [0.717, 1.165) is 5.56 Å². The number of methoxy groups -OCH3 is 1. The number of hydrogen-bond donors (Lipinski definition) is 2. The summed E-state index contributed by atoms with van der Waals surface area (Å²) >= 11 is 11.9. The van der Waals surface area contributed by atoms with E-state index in [2.05, 4.69) is 5.32 Å². The van der Waals surface area contributed by atoms with Crippen molar-refractivity contribution in [3.8, 4) is 5.75 Å². The molecule has 0 unspecified atom stereocenters. The van der Waals surface area contributed by atoms with E-state index in [-0.39, 0.29) is 17.5 Å². The van der Waals surface area contributed by atoms with E-state index in [1.165, 1.54) is 0 Å². The molecule has 0 aliphatic rings. The molecule has 0 aliphatic heterocycles. The topological polar surface area (TPSA) is 64.3 Å². The van der Waals surface area contributed by atoms with E-state index in [0.29, 0.717) is 22.0 Å². The van der Waals surface area contributed by atoms with Crippen LogP contribution >= 0.6 is 23.2 Å². The number of nitrogens with one attached hydrogen (secondary N) is 1. The zero-order chi connectivity index (χ0) is 15.4. The summed E-state index contributed by atoms with van der Waals surface area (Å²) in [5, 5.41) is 3.34. The molecular formula is C15H14Cl2N2O2. The summed E-state index contributed by atoms with van der Waals surface area (Å²) in [5.74, 6) is 0.341. The molecule has 3 N–H and O–H groups in total. The van der Waals surface area contributed by atoms with Crippen LogP contribution in [0.2, 0.25) is 10.0 Å². The highest BCUT2D eigenvalue weighted by Crippen LogP contribution is 2.26. The number of nitrogens with two attached hydrogens (primary N) is 1. The zero-order valence-corrected chi connectivity index (χ0v) is 12.8. The number of anilines is 1. The second kappa shape index (κ2) is 6.70. The first-order valence-electron chi connectivity index (χ1n) is 6.17. The number of nitrogen functional groups attached to an aromatic ring is 1. The smallest absolute Gasteiger partial charge is 0.253 e. The van der Waals surface area contributed by atoms with Crippen molar-refractivity contribution >= 4 is 34.8 Å². The van der Waals surface area contributed by atoms with Gasteiger partial charge in [-0.3, -0.25) is 4.79 Å². The predicted molar refractivity (Wildman–Crippen MR) is 85.0 cm³/mol. The summed E-state index contributed by atoms with van der Waals surface area (Å²) in [5.41, 5.74) is 7.44. The van der Waals surface area contributed by atoms with E-state index in [4.69, 9.17) is 33.7 Å². The summed E-state index contributed by atoms with van der Waals surface area (Å²) in [6, 6.07) is 10.1. The molecule has 0 heterocycles. The number of halogens is 2. The molecule has 0 fully saturated rings. The first-order valence-corrected chi connectivity index (χ1v) is 6.93. The van der Waals surface area contributed by atoms with Crippen LogP contribution in [0.4, 0.5) is 5.69 Å². The molecule has 0 bridgehead atoms. The van der Waals surface area contributed by atoms with Gasteiger partial charge in [0.25, 0.3) is 5.91 Å². The molecule has 110 valence electrons. The number of rotatable bonds is 4. The van der Waals surface area contributed by atoms with Crippen molar-refractivity contribution in [2.24, 2.45) is 0 Å². The van der Waals surface area contributed by atoms with E-state index >= 15 is 0 Å². The molecule has 6 heteroatoms. The Balaban J connectivity index is 2.15. The van der Waals surface area contributed by atoms with Crippen molar-refractivity contribution in [1.82, 2.24) is 5.32 Å². The number of benzene rings is 2. The molecule has 0 aliphatic carbocycles. The summed E-state index contributed by atoms with van der Waals surface area (Å²) in [6.45, 7) is 0.274. The quantitative estimate of drug-likeness (QED) is 0.846. The first kappa shape index (κ1) is 15.5. The van der Waals surface area contributed by atoms with Gasteiger partial charge in [-0.05, 0) is 30.3 Å². The Hall–Kier alpha value is -1.91. The van der Waals surface area contributed by atoms with Crippen molar-refractivity contribution in [2.45, 2.75) is 6.54 Å². The second-order valence-electron chi connectivity index (χ2n) is 4.36. The van der Waals surface area contributed by atoms with Crippen molar-refractivity contribution in [3.63, 3.8) is 0 Å². The molecule has 21 heavy (non-hydrogen) atoms. The van der Waals surface area contributed by atoms with Crippen LogP contribution in [0.15, 0.2) is 36.4 Å². The van der Waals surface area contributed by atoms with Gasteiger partial charge < -0.3 is 15.8 Å². The van der Waals surface area contributed by atoms with Crippen molar-refractivity contribution < 1.29 is 9.53 Å². The molecular weight excluding hydrogens is 311 g/mol. The lowest BCUT2D eigenvalue weighted by molar-refractivity contribution is 0.0951. The van der Waals surface area contributed by atoms with Crippen LogP contribution in [0.1, 0.15) is 15.9 Å². The number of carbonyl (C=O) groups is 1. The summed E-state index contributed by atoms with van der Waals surface area (Å²) in [7, 11) is 1.56.